The Balaban J connectivity index is 1.64. The van der Waals surface area contributed by atoms with E-state index < -0.39 is 91.9 Å². The maximum atomic E-state index is 13.1. The van der Waals surface area contributed by atoms with Gasteiger partial charge < -0.3 is 45.2 Å². The molecule has 1 aliphatic heterocycles. The van der Waals surface area contributed by atoms with Gasteiger partial charge in [-0.05, 0) is 30.3 Å². The monoisotopic (exact) mass is 591 g/mol. The molecule has 1 aliphatic rings. The number of carbonyl (C=O) groups is 4. The lowest BCUT2D eigenvalue weighted by atomic mass is 10.2. The maximum absolute atomic E-state index is 13.1. The SMILES string of the molecule is C=CCN1C(=O)N(CC(O)COC(=O)c2ccc(O)c(O)c2)C(=O)N(CC(O)COC(=O)c2cc(O)cc(O)c2)C1O. The molecule has 1 saturated heterocycles. The number of urea groups is 2. The number of aliphatic hydroxyl groups excluding tert-OH is 3. The van der Waals surface area contributed by atoms with Gasteiger partial charge in [0.1, 0.15) is 36.9 Å². The number of esters is 2. The number of β-amino-alcohol motifs (C(OH)–C–C–N with tert-alkyl or cyclic N) is 2. The fourth-order valence-electron chi connectivity index (χ4n) is 3.81. The van der Waals surface area contributed by atoms with E-state index in [4.69, 9.17) is 9.47 Å². The van der Waals surface area contributed by atoms with Crippen molar-refractivity contribution in [3.8, 4) is 23.0 Å². The van der Waals surface area contributed by atoms with Crippen molar-refractivity contribution in [3.63, 3.8) is 0 Å². The zero-order chi connectivity index (χ0) is 31.1. The third-order valence-electron chi connectivity index (χ3n) is 5.80. The molecule has 1 heterocycles. The van der Waals surface area contributed by atoms with Crippen LogP contribution in [0.3, 0.4) is 0 Å². The zero-order valence-electron chi connectivity index (χ0n) is 21.9. The number of rotatable bonds is 12. The van der Waals surface area contributed by atoms with Gasteiger partial charge in [0.15, 0.2) is 11.5 Å². The number of aliphatic hydroxyl groups is 3. The van der Waals surface area contributed by atoms with E-state index in [1.165, 1.54) is 6.08 Å². The molecule has 3 rings (SSSR count). The Morgan fingerprint density at radius 1 is 0.810 bits per heavy atom. The summed E-state index contributed by atoms with van der Waals surface area (Å²) in [6.45, 7) is 0.511. The van der Waals surface area contributed by atoms with Crippen LogP contribution in [0.5, 0.6) is 23.0 Å². The summed E-state index contributed by atoms with van der Waals surface area (Å²) < 4.78 is 9.89. The Morgan fingerprint density at radius 3 is 1.93 bits per heavy atom. The van der Waals surface area contributed by atoms with E-state index in [0.717, 1.165) is 41.3 Å². The number of benzene rings is 2. The third-order valence-corrected chi connectivity index (χ3v) is 5.80. The van der Waals surface area contributed by atoms with Gasteiger partial charge in [0.25, 0.3) is 0 Å². The summed E-state index contributed by atoms with van der Waals surface area (Å²) in [5, 5.41) is 69.4. The first-order valence-electron chi connectivity index (χ1n) is 12.3. The molecular formula is C26H29N3O13. The molecule has 226 valence electrons. The number of phenolic OH excluding ortho intramolecular Hbond substituents is 4. The second kappa shape index (κ2) is 13.5. The lowest BCUT2D eigenvalue weighted by Gasteiger charge is -2.45. The summed E-state index contributed by atoms with van der Waals surface area (Å²) in [7, 11) is 0. The zero-order valence-corrected chi connectivity index (χ0v) is 21.9. The molecule has 0 saturated carbocycles. The van der Waals surface area contributed by atoms with Crippen molar-refractivity contribution < 1.29 is 64.4 Å². The van der Waals surface area contributed by atoms with Crippen LogP contribution in [0.1, 0.15) is 20.7 Å². The highest BCUT2D eigenvalue weighted by Crippen LogP contribution is 2.25. The van der Waals surface area contributed by atoms with Gasteiger partial charge in [0, 0.05) is 12.6 Å². The molecule has 2 aromatic carbocycles. The predicted molar refractivity (Wildman–Crippen MR) is 139 cm³/mol. The Hall–Kier alpha value is -5.06. The van der Waals surface area contributed by atoms with Gasteiger partial charge in [-0.1, -0.05) is 6.08 Å². The van der Waals surface area contributed by atoms with Crippen LogP contribution >= 0.6 is 0 Å². The van der Waals surface area contributed by atoms with Crippen LogP contribution in [0.2, 0.25) is 0 Å². The Bertz CT molecular complexity index is 1330. The molecule has 7 N–H and O–H groups in total. The Morgan fingerprint density at radius 2 is 1.36 bits per heavy atom. The smallest absolute Gasteiger partial charge is 0.338 e. The van der Waals surface area contributed by atoms with Crippen LogP contribution in [0, 0.1) is 0 Å². The van der Waals surface area contributed by atoms with Gasteiger partial charge in [0.05, 0.1) is 24.2 Å². The van der Waals surface area contributed by atoms with E-state index in [-0.39, 0.29) is 17.7 Å². The number of carbonyl (C=O) groups excluding carboxylic acids is 4. The second-order valence-corrected chi connectivity index (χ2v) is 9.06. The molecule has 16 nitrogen and oxygen atoms in total. The van der Waals surface area contributed by atoms with Gasteiger partial charge in [-0.2, -0.15) is 0 Å². The maximum Gasteiger partial charge on any atom is 0.338 e. The minimum Gasteiger partial charge on any atom is -0.508 e. The summed E-state index contributed by atoms with van der Waals surface area (Å²) in [5.74, 6) is -3.86. The van der Waals surface area contributed by atoms with Crippen molar-refractivity contribution in [2.75, 3.05) is 32.8 Å². The fraction of sp³-hybridized carbons (Fsp3) is 0.308. The molecule has 3 atom stereocenters. The quantitative estimate of drug-likeness (QED) is 0.0968. The summed E-state index contributed by atoms with van der Waals surface area (Å²) in [6, 6.07) is 3.99. The highest BCUT2D eigenvalue weighted by atomic mass is 16.5. The molecule has 0 aromatic heterocycles. The van der Waals surface area contributed by atoms with Gasteiger partial charge in [-0.25, -0.2) is 24.1 Å². The van der Waals surface area contributed by atoms with Crippen LogP contribution in [-0.4, -0.2) is 126 Å². The number of phenols is 4. The Kier molecular flexibility index (Phi) is 10.1. The number of ether oxygens (including phenoxy) is 2. The van der Waals surface area contributed by atoms with Crippen LogP contribution in [0.15, 0.2) is 49.1 Å². The number of imide groups is 1. The normalized spacial score (nSPS) is 16.6. The molecular weight excluding hydrogens is 562 g/mol. The predicted octanol–water partition coefficient (Wildman–Crippen LogP) is -0.134. The summed E-state index contributed by atoms with van der Waals surface area (Å²) in [4.78, 5) is 52.4. The van der Waals surface area contributed by atoms with Crippen molar-refractivity contribution >= 4 is 24.0 Å². The van der Waals surface area contributed by atoms with E-state index in [9.17, 15) is 54.9 Å². The van der Waals surface area contributed by atoms with Crippen molar-refractivity contribution in [2.24, 2.45) is 0 Å². The van der Waals surface area contributed by atoms with Crippen molar-refractivity contribution in [3.05, 3.63) is 60.2 Å². The number of nitrogens with zero attached hydrogens (tertiary/aromatic N) is 3. The molecule has 0 spiro atoms. The first-order chi connectivity index (χ1) is 19.8. The molecule has 42 heavy (non-hydrogen) atoms. The molecule has 3 unspecified atom stereocenters. The minimum atomic E-state index is -1.87. The van der Waals surface area contributed by atoms with Crippen molar-refractivity contribution in [1.29, 1.82) is 0 Å². The lowest BCUT2D eigenvalue weighted by Crippen LogP contribution is -2.68. The van der Waals surface area contributed by atoms with Gasteiger partial charge in [0.2, 0.25) is 6.35 Å². The van der Waals surface area contributed by atoms with Crippen LogP contribution in [0.25, 0.3) is 0 Å². The minimum absolute atomic E-state index is 0.148. The number of aromatic hydroxyl groups is 4. The van der Waals surface area contributed by atoms with E-state index in [0.29, 0.717) is 9.80 Å². The average Bonchev–Trinajstić information content (AvgIpc) is 2.94. The molecule has 0 aliphatic carbocycles. The molecule has 0 bridgehead atoms. The molecule has 0 radical (unpaired) electrons. The van der Waals surface area contributed by atoms with E-state index >= 15 is 0 Å². The average molecular weight is 592 g/mol. The van der Waals surface area contributed by atoms with Crippen LogP contribution in [0.4, 0.5) is 9.59 Å². The first kappa shape index (κ1) is 31.5. The highest BCUT2D eigenvalue weighted by Gasteiger charge is 2.44. The lowest BCUT2D eigenvalue weighted by molar-refractivity contribution is -0.105. The van der Waals surface area contributed by atoms with E-state index in [2.05, 4.69) is 6.58 Å². The first-order valence-corrected chi connectivity index (χ1v) is 12.3. The largest absolute Gasteiger partial charge is 0.508 e. The molecule has 16 heteroatoms. The van der Waals surface area contributed by atoms with Crippen LogP contribution < -0.4 is 0 Å². The number of hydrogen-bond acceptors (Lipinski definition) is 13. The van der Waals surface area contributed by atoms with Gasteiger partial charge in [-0.3, -0.25) is 9.80 Å². The van der Waals surface area contributed by atoms with Gasteiger partial charge >= 0.3 is 24.0 Å². The molecule has 1 fully saturated rings. The summed E-state index contributed by atoms with van der Waals surface area (Å²) in [5.41, 5.74) is -0.371. The van der Waals surface area contributed by atoms with Crippen molar-refractivity contribution in [1.82, 2.24) is 14.7 Å². The third kappa shape index (κ3) is 7.57. The highest BCUT2D eigenvalue weighted by molar-refractivity contribution is 5.96. The second-order valence-electron chi connectivity index (χ2n) is 9.06. The van der Waals surface area contributed by atoms with E-state index in [1.807, 2.05) is 0 Å². The van der Waals surface area contributed by atoms with Crippen LogP contribution in [-0.2, 0) is 9.47 Å². The number of hydrogen-bond donors (Lipinski definition) is 7. The summed E-state index contributed by atoms with van der Waals surface area (Å²) in [6.07, 6.45) is -3.79. The molecule has 2 aromatic rings. The fourth-order valence-corrected chi connectivity index (χ4v) is 3.81. The topological polar surface area (TPSA) is 238 Å². The standard InChI is InChI=1S/C26H29N3O13/c1-2-5-27-24(38)28(10-18(32)12-41-22(36)14-3-4-20(34)21(35)8-14)26(40)29(25(27)39)11-19(33)13-42-23(37)15-6-16(30)9-17(31)7-15/h2-4,6-9,18-19,25,30-35,39H,1,5,10-13H2. The summed E-state index contributed by atoms with van der Waals surface area (Å²) >= 11 is 0. The Labute approximate surface area is 238 Å². The number of amides is 4. The van der Waals surface area contributed by atoms with Gasteiger partial charge in [-0.15, -0.1) is 6.58 Å². The van der Waals surface area contributed by atoms with E-state index in [1.54, 1.807) is 0 Å². The molecule has 4 amide bonds. The van der Waals surface area contributed by atoms with Crippen molar-refractivity contribution in [2.45, 2.75) is 18.6 Å².